The molecule has 6 nitrogen and oxygen atoms in total. The van der Waals surface area contributed by atoms with E-state index in [1.54, 1.807) is 7.11 Å². The topological polar surface area (TPSA) is 61.2 Å². The van der Waals surface area contributed by atoms with Crippen LogP contribution < -0.4 is 14.8 Å². The van der Waals surface area contributed by atoms with E-state index in [9.17, 15) is 0 Å². The van der Waals surface area contributed by atoms with Gasteiger partial charge in [0.05, 0.1) is 12.8 Å². The summed E-state index contributed by atoms with van der Waals surface area (Å²) in [4.78, 5) is 4.77. The highest BCUT2D eigenvalue weighted by molar-refractivity contribution is 9.10. The van der Waals surface area contributed by atoms with E-state index >= 15 is 0 Å². The summed E-state index contributed by atoms with van der Waals surface area (Å²) in [6, 6.07) is 22.5. The Bertz CT molecular complexity index is 1460. The maximum absolute atomic E-state index is 6.74. The number of aromatic nitrogens is 3. The van der Waals surface area contributed by atoms with Gasteiger partial charge in [0.15, 0.2) is 6.10 Å². The number of para-hydroxylation sites is 1. The van der Waals surface area contributed by atoms with Gasteiger partial charge < -0.3 is 14.8 Å². The van der Waals surface area contributed by atoms with Crippen LogP contribution in [0.1, 0.15) is 34.4 Å². The summed E-state index contributed by atoms with van der Waals surface area (Å²) in [6.45, 7) is 2.10. The van der Waals surface area contributed by atoms with Crippen molar-refractivity contribution in [1.82, 2.24) is 14.8 Å². The van der Waals surface area contributed by atoms with Gasteiger partial charge in [-0.1, -0.05) is 69.7 Å². The molecule has 0 fully saturated rings. The van der Waals surface area contributed by atoms with Gasteiger partial charge in [0, 0.05) is 21.2 Å². The molecule has 3 heterocycles. The van der Waals surface area contributed by atoms with E-state index in [-0.39, 0.29) is 6.04 Å². The van der Waals surface area contributed by atoms with Crippen LogP contribution >= 0.6 is 27.7 Å². The van der Waals surface area contributed by atoms with Gasteiger partial charge in [-0.2, -0.15) is 4.98 Å². The van der Waals surface area contributed by atoms with Crippen molar-refractivity contribution < 1.29 is 9.47 Å². The predicted molar refractivity (Wildman–Crippen MR) is 142 cm³/mol. The Balaban J connectivity index is 1.65. The van der Waals surface area contributed by atoms with Gasteiger partial charge in [-0.05, 0) is 49.1 Å². The van der Waals surface area contributed by atoms with Crippen molar-refractivity contribution in [2.24, 2.45) is 0 Å². The van der Waals surface area contributed by atoms with Crippen molar-refractivity contribution >= 4 is 39.3 Å². The fourth-order valence-electron chi connectivity index (χ4n) is 4.78. The molecule has 8 heteroatoms. The van der Waals surface area contributed by atoms with Crippen molar-refractivity contribution in [2.75, 3.05) is 18.7 Å². The molecule has 3 aromatic carbocycles. The molecule has 0 aliphatic carbocycles. The number of nitrogens with one attached hydrogen (secondary N) is 1. The van der Waals surface area contributed by atoms with Crippen LogP contribution in [0.5, 0.6) is 11.5 Å². The summed E-state index contributed by atoms with van der Waals surface area (Å²) in [5, 5.41) is 9.17. The minimum Gasteiger partial charge on any atom is -0.496 e. The van der Waals surface area contributed by atoms with Gasteiger partial charge in [0.25, 0.3) is 0 Å². The number of benzene rings is 3. The Labute approximate surface area is 216 Å². The number of rotatable bonds is 4. The molecule has 0 unspecified atom stereocenters. The number of halogens is 1. The molecule has 2 atom stereocenters. The SMILES string of the molecule is COc1ccc(Br)cc1[C@@H]1Oc2ccccc2C2=C1[C@H](c1ccc(C)cc1)n1nc(SC)nc1N2. The zero-order chi connectivity index (χ0) is 24.1. The molecule has 35 heavy (non-hydrogen) atoms. The summed E-state index contributed by atoms with van der Waals surface area (Å²) in [5.74, 6) is 2.29. The van der Waals surface area contributed by atoms with Gasteiger partial charge >= 0.3 is 0 Å². The highest BCUT2D eigenvalue weighted by atomic mass is 79.9. The van der Waals surface area contributed by atoms with Crippen LogP contribution in [-0.2, 0) is 0 Å². The van der Waals surface area contributed by atoms with Crippen LogP contribution in [0.2, 0.25) is 0 Å². The molecule has 0 saturated heterocycles. The van der Waals surface area contributed by atoms with E-state index in [0.717, 1.165) is 55.0 Å². The lowest BCUT2D eigenvalue weighted by atomic mass is 9.84. The largest absolute Gasteiger partial charge is 0.496 e. The molecule has 176 valence electrons. The van der Waals surface area contributed by atoms with Crippen molar-refractivity contribution in [1.29, 1.82) is 0 Å². The molecule has 1 aromatic heterocycles. The average molecular weight is 547 g/mol. The van der Waals surface area contributed by atoms with Crippen LogP contribution in [0.15, 0.2) is 81.9 Å². The number of hydrogen-bond donors (Lipinski definition) is 1. The molecule has 1 N–H and O–H groups in total. The van der Waals surface area contributed by atoms with E-state index in [1.165, 1.54) is 17.3 Å². The fourth-order valence-corrected chi connectivity index (χ4v) is 5.51. The molecule has 0 spiro atoms. The van der Waals surface area contributed by atoms with E-state index < -0.39 is 6.10 Å². The second-order valence-corrected chi connectivity index (χ2v) is 10.2. The first-order valence-corrected chi connectivity index (χ1v) is 13.3. The van der Waals surface area contributed by atoms with Crippen LogP contribution in [0.25, 0.3) is 5.70 Å². The second kappa shape index (κ2) is 8.77. The quantitative estimate of drug-likeness (QED) is 0.289. The summed E-state index contributed by atoms with van der Waals surface area (Å²) < 4.78 is 15.5. The van der Waals surface area contributed by atoms with Crippen LogP contribution in [0, 0.1) is 6.92 Å². The number of thioether (sulfide) groups is 1. The van der Waals surface area contributed by atoms with Crippen LogP contribution in [0.3, 0.4) is 0 Å². The normalized spacial score (nSPS) is 18.2. The standard InChI is InChI=1S/C27H23BrN4O2S/c1-15-8-10-16(11-9-15)24-22-23(29-26-30-27(35-3)31-32(24)26)18-6-4-5-7-21(18)34-25(22)19-14-17(28)12-13-20(19)33-2/h4-14,24-25H,1-3H3,(H,29,30,31)/t24-,25-/m0/s1. The lowest BCUT2D eigenvalue weighted by Crippen LogP contribution is -2.32. The lowest BCUT2D eigenvalue weighted by molar-refractivity contribution is 0.217. The number of fused-ring (bicyclic) bond motifs is 3. The van der Waals surface area contributed by atoms with Gasteiger partial charge in [0.1, 0.15) is 17.5 Å². The minimum absolute atomic E-state index is 0.211. The summed E-state index contributed by atoms with van der Waals surface area (Å²) in [5.41, 5.74) is 6.33. The van der Waals surface area contributed by atoms with Gasteiger partial charge in [-0.15, -0.1) is 5.10 Å². The summed E-state index contributed by atoms with van der Waals surface area (Å²) in [6.07, 6.45) is 1.59. The second-order valence-electron chi connectivity index (χ2n) is 8.52. The summed E-state index contributed by atoms with van der Waals surface area (Å²) in [7, 11) is 1.69. The number of methoxy groups -OCH3 is 1. The van der Waals surface area contributed by atoms with E-state index in [1.807, 2.05) is 41.3 Å². The Hall–Kier alpha value is -3.23. The third-order valence-corrected chi connectivity index (χ3v) is 7.44. The molecule has 2 aliphatic heterocycles. The van der Waals surface area contributed by atoms with E-state index in [4.69, 9.17) is 19.6 Å². The zero-order valence-electron chi connectivity index (χ0n) is 19.4. The molecular formula is C27H23BrN4O2S. The third-order valence-electron chi connectivity index (χ3n) is 6.41. The molecule has 0 radical (unpaired) electrons. The molecule has 4 aromatic rings. The maximum Gasteiger partial charge on any atom is 0.227 e. The highest BCUT2D eigenvalue weighted by Crippen LogP contribution is 2.52. The molecule has 0 amide bonds. The highest BCUT2D eigenvalue weighted by Gasteiger charge is 2.42. The van der Waals surface area contributed by atoms with Crippen molar-refractivity contribution in [2.45, 2.75) is 24.2 Å². The van der Waals surface area contributed by atoms with Crippen LogP contribution in [0.4, 0.5) is 5.95 Å². The Morgan fingerprint density at radius 1 is 1.09 bits per heavy atom. The first-order valence-electron chi connectivity index (χ1n) is 11.2. The Morgan fingerprint density at radius 3 is 2.66 bits per heavy atom. The Kier molecular flexibility index (Phi) is 5.57. The number of nitrogens with zero attached hydrogens (tertiary/aromatic N) is 3. The van der Waals surface area contributed by atoms with Crippen molar-refractivity contribution in [3.05, 3.63) is 99.0 Å². The van der Waals surface area contributed by atoms with Crippen molar-refractivity contribution in [3.63, 3.8) is 0 Å². The number of anilines is 1. The Morgan fingerprint density at radius 2 is 1.89 bits per heavy atom. The van der Waals surface area contributed by atoms with Gasteiger partial charge in [-0.25, -0.2) is 4.68 Å². The molecule has 2 aliphatic rings. The monoisotopic (exact) mass is 546 g/mol. The molecule has 6 rings (SSSR count). The fraction of sp³-hybridized carbons (Fsp3) is 0.185. The van der Waals surface area contributed by atoms with Crippen LogP contribution in [-0.4, -0.2) is 28.1 Å². The molecule has 0 saturated carbocycles. The predicted octanol–water partition coefficient (Wildman–Crippen LogP) is 6.64. The molecule has 0 bridgehead atoms. The lowest BCUT2D eigenvalue weighted by Gasteiger charge is -2.39. The average Bonchev–Trinajstić information content (AvgIpc) is 3.30. The number of ether oxygens (including phenoxy) is 2. The third kappa shape index (κ3) is 3.72. The van der Waals surface area contributed by atoms with Crippen molar-refractivity contribution in [3.8, 4) is 11.5 Å². The first kappa shape index (κ1) is 22.2. The molecular weight excluding hydrogens is 524 g/mol. The number of aryl methyl sites for hydroxylation is 1. The minimum atomic E-state index is -0.402. The smallest absolute Gasteiger partial charge is 0.227 e. The summed E-state index contributed by atoms with van der Waals surface area (Å²) >= 11 is 5.17. The van der Waals surface area contributed by atoms with E-state index in [2.05, 4.69) is 64.6 Å². The van der Waals surface area contributed by atoms with Gasteiger partial charge in [-0.3, -0.25) is 0 Å². The van der Waals surface area contributed by atoms with Gasteiger partial charge in [0.2, 0.25) is 11.1 Å². The zero-order valence-corrected chi connectivity index (χ0v) is 21.9. The van der Waals surface area contributed by atoms with E-state index in [0.29, 0.717) is 0 Å². The maximum atomic E-state index is 6.74. The number of hydrogen-bond acceptors (Lipinski definition) is 6. The first-order chi connectivity index (χ1) is 17.1.